The number of aryl methyl sites for hydroxylation is 1. The number of aromatic nitrogens is 1. The van der Waals surface area contributed by atoms with Crippen molar-refractivity contribution in [3.05, 3.63) is 46.4 Å². The van der Waals surface area contributed by atoms with E-state index in [-0.39, 0.29) is 24.4 Å². The van der Waals surface area contributed by atoms with Gasteiger partial charge in [0.15, 0.2) is 0 Å². The predicted octanol–water partition coefficient (Wildman–Crippen LogP) is 3.67. The van der Waals surface area contributed by atoms with Crippen LogP contribution in [0.3, 0.4) is 0 Å². The monoisotopic (exact) mass is 263 g/mol. The minimum absolute atomic E-state index is 0.129. The highest BCUT2D eigenvalue weighted by molar-refractivity contribution is 5.82. The van der Waals surface area contributed by atoms with Crippen LogP contribution in [-0.2, 0) is 0 Å². The maximum atomic E-state index is 13.3. The van der Waals surface area contributed by atoms with Gasteiger partial charge in [0.25, 0.3) is 5.56 Å². The molecule has 1 fully saturated rings. The summed E-state index contributed by atoms with van der Waals surface area (Å²) in [5.41, 5.74) is 0.836. The quantitative estimate of drug-likeness (QED) is 0.769. The molecule has 0 aliphatic heterocycles. The van der Waals surface area contributed by atoms with Crippen LogP contribution in [-0.4, -0.2) is 10.5 Å². The fourth-order valence-corrected chi connectivity index (χ4v) is 2.82. The van der Waals surface area contributed by atoms with Crippen molar-refractivity contribution >= 4 is 10.8 Å². The van der Waals surface area contributed by atoms with Gasteiger partial charge in [-0.1, -0.05) is 17.7 Å². The van der Waals surface area contributed by atoms with E-state index in [2.05, 4.69) is 0 Å². The fraction of sp³-hybridized carbons (Fsp3) is 0.400. The Balaban J connectivity index is 2.11. The molecular formula is C15H15F2NO. The molecule has 100 valence electrons. The molecule has 0 spiro atoms. The zero-order valence-electron chi connectivity index (χ0n) is 10.7. The lowest BCUT2D eigenvalue weighted by Gasteiger charge is -2.15. The Morgan fingerprint density at radius 1 is 1.32 bits per heavy atom. The molecule has 1 saturated carbocycles. The number of rotatable bonds is 1. The molecule has 0 N–H and O–H groups in total. The summed E-state index contributed by atoms with van der Waals surface area (Å²) in [5, 5.41) is 1.47. The molecule has 0 saturated heterocycles. The van der Waals surface area contributed by atoms with Crippen LogP contribution in [0.15, 0.2) is 35.3 Å². The average Bonchev–Trinajstić information content (AvgIpc) is 2.71. The Hall–Kier alpha value is -1.71. The SMILES string of the molecule is Cc1ccc2ccn([C@H]3CCC(F)(F)C3)c(=O)c2c1. The van der Waals surface area contributed by atoms with E-state index in [1.165, 1.54) is 4.57 Å². The number of alkyl halides is 2. The topological polar surface area (TPSA) is 22.0 Å². The Kier molecular flexibility index (Phi) is 2.69. The maximum Gasteiger partial charge on any atom is 0.258 e. The van der Waals surface area contributed by atoms with Gasteiger partial charge in [-0.3, -0.25) is 4.79 Å². The van der Waals surface area contributed by atoms with E-state index in [0.29, 0.717) is 11.8 Å². The van der Waals surface area contributed by atoms with Crippen LogP contribution in [0, 0.1) is 6.92 Å². The molecule has 1 atom stereocenters. The molecule has 0 bridgehead atoms. The van der Waals surface area contributed by atoms with Crippen molar-refractivity contribution in [1.82, 2.24) is 4.57 Å². The molecule has 0 unspecified atom stereocenters. The molecule has 1 aromatic heterocycles. The van der Waals surface area contributed by atoms with Gasteiger partial charge in [-0.25, -0.2) is 8.78 Å². The minimum Gasteiger partial charge on any atom is -0.312 e. The predicted molar refractivity (Wildman–Crippen MR) is 70.8 cm³/mol. The minimum atomic E-state index is -2.63. The standard InChI is InChI=1S/C15H15F2NO/c1-10-2-3-11-5-7-18(14(19)13(11)8-10)12-4-6-15(16,17)9-12/h2-3,5,7-8,12H,4,6,9H2,1H3/t12-/m0/s1. The molecular weight excluding hydrogens is 248 g/mol. The lowest BCUT2D eigenvalue weighted by atomic mass is 10.1. The van der Waals surface area contributed by atoms with Crippen LogP contribution in [0.2, 0.25) is 0 Å². The Morgan fingerprint density at radius 2 is 2.11 bits per heavy atom. The second-order valence-electron chi connectivity index (χ2n) is 5.37. The van der Waals surface area contributed by atoms with Gasteiger partial charge in [-0.2, -0.15) is 0 Å². The number of fused-ring (bicyclic) bond motifs is 1. The zero-order valence-corrected chi connectivity index (χ0v) is 10.7. The summed E-state index contributed by atoms with van der Waals surface area (Å²) in [5.74, 6) is -2.63. The molecule has 4 heteroatoms. The Morgan fingerprint density at radius 3 is 2.79 bits per heavy atom. The first-order valence-electron chi connectivity index (χ1n) is 6.46. The molecule has 0 radical (unpaired) electrons. The van der Waals surface area contributed by atoms with E-state index >= 15 is 0 Å². The molecule has 1 heterocycles. The van der Waals surface area contributed by atoms with Gasteiger partial charge in [0.2, 0.25) is 5.92 Å². The summed E-state index contributed by atoms with van der Waals surface area (Å²) in [6.07, 6.45) is 1.65. The van der Waals surface area contributed by atoms with Gasteiger partial charge in [0, 0.05) is 30.5 Å². The van der Waals surface area contributed by atoms with E-state index in [9.17, 15) is 13.6 Å². The number of hydrogen-bond acceptors (Lipinski definition) is 1. The van der Waals surface area contributed by atoms with E-state index < -0.39 is 5.92 Å². The normalized spacial score (nSPS) is 21.9. The Labute approximate surface area is 109 Å². The van der Waals surface area contributed by atoms with E-state index in [1.807, 2.05) is 31.2 Å². The molecule has 1 aromatic carbocycles. The van der Waals surface area contributed by atoms with Crippen molar-refractivity contribution in [2.45, 2.75) is 38.2 Å². The molecule has 3 rings (SSSR count). The average molecular weight is 263 g/mol. The first kappa shape index (κ1) is 12.3. The summed E-state index contributed by atoms with van der Waals surface area (Å²) in [6.45, 7) is 1.92. The third kappa shape index (κ3) is 2.15. The molecule has 2 aromatic rings. The second kappa shape index (κ2) is 4.15. The fourth-order valence-electron chi connectivity index (χ4n) is 2.82. The van der Waals surface area contributed by atoms with Crippen LogP contribution in [0.25, 0.3) is 10.8 Å². The number of hydrogen-bond donors (Lipinski definition) is 0. The van der Waals surface area contributed by atoms with Crippen molar-refractivity contribution < 1.29 is 8.78 Å². The number of pyridine rings is 1. The largest absolute Gasteiger partial charge is 0.312 e. The highest BCUT2D eigenvalue weighted by Gasteiger charge is 2.40. The summed E-state index contributed by atoms with van der Waals surface area (Å²) < 4.78 is 28.0. The smallest absolute Gasteiger partial charge is 0.258 e. The first-order chi connectivity index (χ1) is 8.96. The molecule has 19 heavy (non-hydrogen) atoms. The molecule has 1 aliphatic carbocycles. The van der Waals surface area contributed by atoms with Crippen LogP contribution in [0.4, 0.5) is 8.78 Å². The highest BCUT2D eigenvalue weighted by Crippen LogP contribution is 2.40. The maximum absolute atomic E-state index is 13.3. The van der Waals surface area contributed by atoms with Crippen molar-refractivity contribution in [3.8, 4) is 0 Å². The first-order valence-corrected chi connectivity index (χ1v) is 6.46. The van der Waals surface area contributed by atoms with Crippen LogP contribution >= 0.6 is 0 Å². The lowest BCUT2D eigenvalue weighted by molar-refractivity contribution is 0.00553. The summed E-state index contributed by atoms with van der Waals surface area (Å²) >= 11 is 0. The molecule has 2 nitrogen and oxygen atoms in total. The zero-order chi connectivity index (χ0) is 13.6. The van der Waals surface area contributed by atoms with Crippen molar-refractivity contribution in [2.75, 3.05) is 0 Å². The van der Waals surface area contributed by atoms with Gasteiger partial charge in [0.1, 0.15) is 0 Å². The number of benzene rings is 1. The van der Waals surface area contributed by atoms with Crippen molar-refractivity contribution in [3.63, 3.8) is 0 Å². The molecule has 1 aliphatic rings. The number of halogens is 2. The van der Waals surface area contributed by atoms with Crippen molar-refractivity contribution in [2.24, 2.45) is 0 Å². The second-order valence-corrected chi connectivity index (χ2v) is 5.37. The Bertz CT molecular complexity index is 690. The highest BCUT2D eigenvalue weighted by atomic mass is 19.3. The summed E-state index contributed by atoms with van der Waals surface area (Å²) in [6, 6.07) is 7.09. The third-order valence-corrected chi connectivity index (χ3v) is 3.86. The van der Waals surface area contributed by atoms with Crippen molar-refractivity contribution in [1.29, 1.82) is 0 Å². The van der Waals surface area contributed by atoms with Crippen LogP contribution in [0.5, 0.6) is 0 Å². The third-order valence-electron chi connectivity index (χ3n) is 3.86. The lowest BCUT2D eigenvalue weighted by Crippen LogP contribution is -2.24. The summed E-state index contributed by atoms with van der Waals surface area (Å²) in [4.78, 5) is 12.4. The van der Waals surface area contributed by atoms with E-state index in [1.54, 1.807) is 6.20 Å². The van der Waals surface area contributed by atoms with Gasteiger partial charge in [-0.15, -0.1) is 0 Å². The van der Waals surface area contributed by atoms with Crippen LogP contribution < -0.4 is 5.56 Å². The molecule has 0 amide bonds. The number of nitrogens with zero attached hydrogens (tertiary/aromatic N) is 1. The van der Waals surface area contributed by atoms with Crippen LogP contribution in [0.1, 0.15) is 30.9 Å². The summed E-state index contributed by atoms with van der Waals surface area (Å²) in [7, 11) is 0. The van der Waals surface area contributed by atoms with E-state index in [4.69, 9.17) is 0 Å². The van der Waals surface area contributed by atoms with Gasteiger partial charge < -0.3 is 4.57 Å². The van der Waals surface area contributed by atoms with E-state index in [0.717, 1.165) is 10.9 Å². The van der Waals surface area contributed by atoms with Gasteiger partial charge in [0.05, 0.1) is 0 Å². The van der Waals surface area contributed by atoms with Gasteiger partial charge in [-0.05, 0) is 30.9 Å². The van der Waals surface area contributed by atoms with Gasteiger partial charge >= 0.3 is 0 Å².